The van der Waals surface area contributed by atoms with Gasteiger partial charge in [0.2, 0.25) is 0 Å². The van der Waals surface area contributed by atoms with Gasteiger partial charge < -0.3 is 10.1 Å². The Morgan fingerprint density at radius 2 is 2.30 bits per heavy atom. The van der Waals surface area contributed by atoms with Crippen molar-refractivity contribution in [3.05, 3.63) is 24.0 Å². The second-order valence-corrected chi connectivity index (χ2v) is 4.41. The Morgan fingerprint density at radius 3 is 2.95 bits per heavy atom. The molecular weight excluding hydrogens is 264 g/mol. The lowest BCUT2D eigenvalue weighted by atomic mass is 10.0. The summed E-state index contributed by atoms with van der Waals surface area (Å²) in [6.45, 7) is 1.48. The zero-order chi connectivity index (χ0) is 14.5. The lowest BCUT2D eigenvalue weighted by Gasteiger charge is -2.05. The molecule has 0 saturated carbocycles. The number of aromatic nitrogens is 6. The quantitative estimate of drug-likeness (QED) is 0.709. The number of carbonyl (C=O) groups is 2. The smallest absolute Gasteiger partial charge is 0.304 e. The van der Waals surface area contributed by atoms with E-state index in [2.05, 4.69) is 25.4 Å². The maximum Gasteiger partial charge on any atom is 0.304 e. The van der Waals surface area contributed by atoms with E-state index in [4.69, 9.17) is 5.11 Å². The first-order valence-electron chi connectivity index (χ1n) is 6.04. The largest absolute Gasteiger partial charge is 0.481 e. The summed E-state index contributed by atoms with van der Waals surface area (Å²) < 4.78 is 0. The van der Waals surface area contributed by atoms with Crippen molar-refractivity contribution in [3.8, 4) is 0 Å². The molecule has 2 N–H and O–H groups in total. The molecule has 1 unspecified atom stereocenters. The van der Waals surface area contributed by atoms with Gasteiger partial charge in [-0.15, -0.1) is 10.2 Å². The fraction of sp³-hybridized carbons (Fsp3) is 0.455. The molecule has 106 valence electrons. The maximum absolute atomic E-state index is 11.8. The molecule has 0 aromatic carbocycles. The summed E-state index contributed by atoms with van der Waals surface area (Å²) in [5.41, 5.74) is 0. The first kappa shape index (κ1) is 13.8. The number of imidazole rings is 1. The van der Waals surface area contributed by atoms with Gasteiger partial charge in [-0.2, -0.15) is 4.80 Å². The van der Waals surface area contributed by atoms with Crippen LogP contribution in [0.1, 0.15) is 25.0 Å². The molecule has 9 heteroatoms. The zero-order valence-corrected chi connectivity index (χ0v) is 10.9. The lowest BCUT2D eigenvalue weighted by molar-refractivity contribution is -0.140. The predicted octanol–water partition coefficient (Wildman–Crippen LogP) is -0.333. The minimum Gasteiger partial charge on any atom is -0.481 e. The van der Waals surface area contributed by atoms with Crippen molar-refractivity contribution in [2.45, 2.75) is 26.3 Å². The lowest BCUT2D eigenvalue weighted by Crippen LogP contribution is -2.21. The topological polar surface area (TPSA) is 127 Å². The normalized spacial score (nSPS) is 12.2. The van der Waals surface area contributed by atoms with E-state index < -0.39 is 11.9 Å². The van der Waals surface area contributed by atoms with Crippen LogP contribution in [-0.4, -0.2) is 47.0 Å². The number of carboxylic acids is 1. The second-order valence-electron chi connectivity index (χ2n) is 4.41. The van der Waals surface area contributed by atoms with Crippen LogP contribution < -0.4 is 0 Å². The zero-order valence-electron chi connectivity index (χ0n) is 10.9. The van der Waals surface area contributed by atoms with Crippen LogP contribution in [0, 0.1) is 5.92 Å². The molecule has 1 atom stereocenters. The van der Waals surface area contributed by atoms with Crippen LogP contribution in [0.5, 0.6) is 0 Å². The SMILES string of the molecule is CC(CC(=O)O)C(=O)Cn1nnc(Cc2ncc[nH]2)n1. The van der Waals surface area contributed by atoms with Gasteiger partial charge in [-0.1, -0.05) is 6.92 Å². The van der Waals surface area contributed by atoms with Crippen LogP contribution in [0.25, 0.3) is 0 Å². The van der Waals surface area contributed by atoms with Gasteiger partial charge in [-0.25, -0.2) is 4.98 Å². The minimum atomic E-state index is -1.00. The Labute approximate surface area is 114 Å². The number of H-pyrrole nitrogens is 1. The van der Waals surface area contributed by atoms with E-state index in [0.29, 0.717) is 18.1 Å². The third-order valence-electron chi connectivity index (χ3n) is 2.70. The standard InChI is InChI=1S/C11H14N6O3/c1-7(4-11(19)20)8(18)6-17-15-10(14-16-17)5-9-12-2-3-13-9/h2-3,7H,4-6H2,1H3,(H,12,13)(H,19,20). The summed E-state index contributed by atoms with van der Waals surface area (Å²) in [6.07, 6.45) is 3.51. The van der Waals surface area contributed by atoms with Gasteiger partial charge in [0.15, 0.2) is 11.6 Å². The summed E-state index contributed by atoms with van der Waals surface area (Å²) in [5.74, 6) is -0.675. The fourth-order valence-corrected chi connectivity index (χ4v) is 1.63. The molecule has 20 heavy (non-hydrogen) atoms. The number of carboxylic acid groups (broad SMARTS) is 1. The highest BCUT2D eigenvalue weighted by atomic mass is 16.4. The molecule has 0 aliphatic carbocycles. The van der Waals surface area contributed by atoms with Gasteiger partial charge in [-0.05, 0) is 5.21 Å². The fourth-order valence-electron chi connectivity index (χ4n) is 1.63. The van der Waals surface area contributed by atoms with Crippen molar-refractivity contribution in [1.29, 1.82) is 0 Å². The predicted molar refractivity (Wildman–Crippen MR) is 65.6 cm³/mol. The Balaban J connectivity index is 1.92. The first-order chi connectivity index (χ1) is 9.54. The number of ketones is 1. The highest BCUT2D eigenvalue weighted by molar-refractivity contribution is 5.84. The average molecular weight is 278 g/mol. The van der Waals surface area contributed by atoms with E-state index in [1.54, 1.807) is 19.3 Å². The molecular formula is C11H14N6O3. The number of aromatic amines is 1. The van der Waals surface area contributed by atoms with E-state index in [1.165, 1.54) is 4.80 Å². The number of hydrogen-bond acceptors (Lipinski definition) is 6. The van der Waals surface area contributed by atoms with Gasteiger partial charge in [0.25, 0.3) is 0 Å². The molecule has 0 bridgehead atoms. The summed E-state index contributed by atoms with van der Waals surface area (Å²) >= 11 is 0. The highest BCUT2D eigenvalue weighted by Crippen LogP contribution is 2.05. The summed E-state index contributed by atoms with van der Waals surface area (Å²) in [6, 6.07) is 0. The third-order valence-corrected chi connectivity index (χ3v) is 2.70. The number of rotatable bonds is 7. The molecule has 2 heterocycles. The number of Topliss-reactive ketones (excluding diaryl/α,β-unsaturated/α-hetero) is 1. The molecule has 2 rings (SSSR count). The van der Waals surface area contributed by atoms with Crippen LogP contribution in [0.15, 0.2) is 12.4 Å². The monoisotopic (exact) mass is 278 g/mol. The number of aliphatic carboxylic acids is 1. The van der Waals surface area contributed by atoms with Crippen molar-refractivity contribution in [2.24, 2.45) is 5.92 Å². The number of carbonyl (C=O) groups excluding carboxylic acids is 1. The Bertz CT molecular complexity index is 591. The molecule has 0 saturated heterocycles. The number of nitrogens with zero attached hydrogens (tertiary/aromatic N) is 5. The summed E-state index contributed by atoms with van der Waals surface area (Å²) in [5, 5.41) is 20.3. The average Bonchev–Trinajstić information content (AvgIpc) is 3.01. The van der Waals surface area contributed by atoms with E-state index >= 15 is 0 Å². The number of nitrogens with one attached hydrogen (secondary N) is 1. The molecule has 0 amide bonds. The molecule has 9 nitrogen and oxygen atoms in total. The maximum atomic E-state index is 11.8. The number of hydrogen-bond donors (Lipinski definition) is 2. The molecule has 2 aromatic heterocycles. The Hall–Kier alpha value is -2.58. The van der Waals surface area contributed by atoms with Gasteiger partial charge in [-0.3, -0.25) is 9.59 Å². The van der Waals surface area contributed by atoms with E-state index in [9.17, 15) is 9.59 Å². The van der Waals surface area contributed by atoms with Crippen molar-refractivity contribution in [1.82, 2.24) is 30.2 Å². The van der Waals surface area contributed by atoms with Gasteiger partial charge in [0.05, 0.1) is 12.8 Å². The summed E-state index contributed by atoms with van der Waals surface area (Å²) in [4.78, 5) is 30.4. The Kier molecular flexibility index (Phi) is 4.18. The van der Waals surface area contributed by atoms with Crippen molar-refractivity contribution < 1.29 is 14.7 Å². The molecule has 0 radical (unpaired) electrons. The van der Waals surface area contributed by atoms with Crippen LogP contribution in [0.2, 0.25) is 0 Å². The van der Waals surface area contributed by atoms with Crippen LogP contribution in [-0.2, 0) is 22.6 Å². The molecule has 0 aliphatic heterocycles. The van der Waals surface area contributed by atoms with E-state index in [1.807, 2.05) is 0 Å². The molecule has 0 fully saturated rings. The van der Waals surface area contributed by atoms with Crippen LogP contribution in [0.3, 0.4) is 0 Å². The van der Waals surface area contributed by atoms with Crippen molar-refractivity contribution in [3.63, 3.8) is 0 Å². The molecule has 2 aromatic rings. The van der Waals surface area contributed by atoms with E-state index in [0.717, 1.165) is 0 Å². The van der Waals surface area contributed by atoms with Crippen molar-refractivity contribution in [2.75, 3.05) is 0 Å². The Morgan fingerprint density at radius 1 is 1.50 bits per heavy atom. The van der Waals surface area contributed by atoms with Gasteiger partial charge >= 0.3 is 5.97 Å². The molecule has 0 spiro atoms. The van der Waals surface area contributed by atoms with Crippen LogP contribution in [0.4, 0.5) is 0 Å². The van der Waals surface area contributed by atoms with Crippen molar-refractivity contribution >= 4 is 11.8 Å². The van der Waals surface area contributed by atoms with E-state index in [-0.39, 0.29) is 18.7 Å². The first-order valence-corrected chi connectivity index (χ1v) is 6.04. The third kappa shape index (κ3) is 3.70. The second kappa shape index (κ2) is 6.04. The summed E-state index contributed by atoms with van der Waals surface area (Å²) in [7, 11) is 0. The number of tetrazole rings is 1. The highest BCUT2D eigenvalue weighted by Gasteiger charge is 2.18. The van der Waals surface area contributed by atoms with Gasteiger partial charge in [0, 0.05) is 18.3 Å². The van der Waals surface area contributed by atoms with Crippen LogP contribution >= 0.6 is 0 Å². The molecule has 0 aliphatic rings. The minimum absolute atomic E-state index is 0.0837. The van der Waals surface area contributed by atoms with Gasteiger partial charge in [0.1, 0.15) is 12.4 Å².